The first-order chi connectivity index (χ1) is 6.39. The standard InChI is InChI=1S/C6H7.3CO.Mn/c1-2-4-6-5-3-1;3*1-2;/h1-3H,4,6H2;;;;. The van der Waals surface area contributed by atoms with Gasteiger partial charge in [-0.2, -0.15) is 0 Å². The predicted molar refractivity (Wildman–Crippen MR) is 43.5 cm³/mol. The quantitative estimate of drug-likeness (QED) is 0.558. The van der Waals surface area contributed by atoms with E-state index in [4.69, 9.17) is 14.4 Å². The van der Waals surface area contributed by atoms with E-state index in [1.807, 2.05) is 0 Å². The van der Waals surface area contributed by atoms with Gasteiger partial charge in [0.2, 0.25) is 0 Å². The van der Waals surface area contributed by atoms with E-state index in [9.17, 15) is 0 Å². The number of hydrogen-bond acceptors (Lipinski definition) is 3. The minimum atomic E-state index is 1.18. The molecule has 0 N–H and O–H groups in total. The zero-order valence-electron chi connectivity index (χ0n) is 6.75. The van der Waals surface area contributed by atoms with Gasteiger partial charge in [-0.15, -0.1) is 0 Å². The normalized spacial score (nSPS) is 11.3. The number of hydrogen-bond donors (Lipinski definition) is 0. The molecule has 0 heterocycles. The van der Waals surface area contributed by atoms with E-state index in [2.05, 4.69) is 54.6 Å². The fraction of sp³-hybridized carbons (Fsp3) is 0.222. The van der Waals surface area contributed by atoms with Crippen LogP contribution in [0.15, 0.2) is 22.7 Å². The Kier molecular flexibility index (Phi) is 31.0. The Morgan fingerprint density at radius 3 is 1.69 bits per heavy atom. The summed E-state index contributed by atoms with van der Waals surface area (Å²) in [6, 6.07) is 0. The molecule has 0 aromatic heterocycles. The second kappa shape index (κ2) is 22.5. The second-order valence-corrected chi connectivity index (χ2v) is 2.34. The fourth-order valence-electron chi connectivity index (χ4n) is 0.573. The topological polar surface area (TPSA) is 51.2 Å². The second-order valence-electron chi connectivity index (χ2n) is 1.58. The molecule has 0 bridgehead atoms. The maximum absolute atomic E-state index is 7.50. The summed E-state index contributed by atoms with van der Waals surface area (Å²) in [4.78, 5) is 22.5. The van der Waals surface area contributed by atoms with Gasteiger partial charge in [-0.1, -0.05) is 0 Å². The summed E-state index contributed by atoms with van der Waals surface area (Å²) in [5.74, 6) is 0. The van der Waals surface area contributed by atoms with Crippen molar-refractivity contribution in [3.05, 3.63) is 22.7 Å². The van der Waals surface area contributed by atoms with Crippen LogP contribution in [0, 0.1) is 0 Å². The van der Waals surface area contributed by atoms with Gasteiger partial charge in [-0.05, 0) is 0 Å². The molecule has 0 unspecified atom stereocenters. The van der Waals surface area contributed by atoms with Crippen LogP contribution < -0.4 is 0 Å². The molecule has 3 nitrogen and oxygen atoms in total. The molecule has 1 rings (SSSR count). The third kappa shape index (κ3) is 18.2. The summed E-state index contributed by atoms with van der Waals surface area (Å²) in [5, 5.41) is 0. The molecule has 0 amide bonds. The van der Waals surface area contributed by atoms with Crippen LogP contribution in [0.3, 0.4) is 0 Å². The van der Waals surface area contributed by atoms with E-state index in [1.54, 1.807) is 0 Å². The number of allylic oxidation sites excluding steroid dienone is 4. The molecule has 0 aliphatic heterocycles. The van der Waals surface area contributed by atoms with E-state index < -0.39 is 0 Å². The molecular weight excluding hydrogens is 211 g/mol. The molecule has 0 aromatic rings. The van der Waals surface area contributed by atoms with Gasteiger partial charge in [-0.3, -0.25) is 14.4 Å². The Bertz CT molecular complexity index is 150. The molecule has 0 aromatic carbocycles. The van der Waals surface area contributed by atoms with Gasteiger partial charge in [0.15, 0.2) is 0 Å². The molecular formula is C9H7MnO3. The average molecular weight is 218 g/mol. The van der Waals surface area contributed by atoms with Gasteiger partial charge in [0.1, 0.15) is 0 Å². The van der Waals surface area contributed by atoms with E-state index >= 15 is 0 Å². The van der Waals surface area contributed by atoms with Crippen LogP contribution in [-0.2, 0) is 30.4 Å². The summed E-state index contributed by atoms with van der Waals surface area (Å²) >= 11 is 3.40. The van der Waals surface area contributed by atoms with Crippen molar-refractivity contribution < 1.29 is 30.4 Å². The van der Waals surface area contributed by atoms with Crippen molar-refractivity contribution in [2.45, 2.75) is 12.8 Å². The first-order valence-electron chi connectivity index (χ1n) is 3.02. The van der Waals surface area contributed by atoms with Crippen molar-refractivity contribution in [2.75, 3.05) is 0 Å². The van der Waals surface area contributed by atoms with Crippen LogP contribution in [0.1, 0.15) is 12.8 Å². The van der Waals surface area contributed by atoms with Crippen LogP contribution in [0.25, 0.3) is 0 Å². The molecule has 0 saturated carbocycles. The Labute approximate surface area is 86.7 Å². The van der Waals surface area contributed by atoms with E-state index in [0.29, 0.717) is 0 Å². The van der Waals surface area contributed by atoms with Crippen molar-refractivity contribution in [1.82, 2.24) is 0 Å². The molecule has 1 aliphatic carbocycles. The fourth-order valence-corrected chi connectivity index (χ4v) is 0.857. The SMILES string of the molecule is [C]=O.[C]=O.[C]=O.[Mn][C]1=CC=CCC1. The van der Waals surface area contributed by atoms with E-state index in [0.717, 1.165) is 0 Å². The van der Waals surface area contributed by atoms with Gasteiger partial charge in [0, 0.05) is 0 Å². The van der Waals surface area contributed by atoms with Crippen LogP contribution in [0.2, 0.25) is 0 Å². The van der Waals surface area contributed by atoms with Crippen molar-refractivity contribution in [2.24, 2.45) is 0 Å². The Balaban J connectivity index is -0.000000144. The van der Waals surface area contributed by atoms with Crippen LogP contribution in [-0.4, -0.2) is 20.4 Å². The Hall–Kier alpha value is -0.991. The van der Waals surface area contributed by atoms with Gasteiger partial charge in [0.25, 0.3) is 20.4 Å². The number of carbonyl (C=O) groups excluding carboxylic acids is 3. The molecule has 0 saturated heterocycles. The van der Waals surface area contributed by atoms with E-state index in [1.165, 1.54) is 17.3 Å². The van der Waals surface area contributed by atoms with Crippen molar-refractivity contribution >= 4 is 20.4 Å². The summed E-state index contributed by atoms with van der Waals surface area (Å²) in [7, 11) is 0. The maximum atomic E-state index is 7.50. The van der Waals surface area contributed by atoms with Gasteiger partial charge in [0.05, 0.1) is 0 Å². The third-order valence-electron chi connectivity index (χ3n) is 0.963. The van der Waals surface area contributed by atoms with E-state index in [-0.39, 0.29) is 0 Å². The van der Waals surface area contributed by atoms with Crippen molar-refractivity contribution in [3.8, 4) is 0 Å². The first kappa shape index (κ1) is 17.9. The Morgan fingerprint density at radius 1 is 1.08 bits per heavy atom. The van der Waals surface area contributed by atoms with Gasteiger partial charge >= 0.3 is 51.6 Å². The van der Waals surface area contributed by atoms with Crippen LogP contribution in [0.5, 0.6) is 0 Å². The molecule has 4 heteroatoms. The first-order valence-corrected chi connectivity index (χ1v) is 3.61. The monoisotopic (exact) mass is 218 g/mol. The van der Waals surface area contributed by atoms with Crippen LogP contribution >= 0.6 is 0 Å². The van der Waals surface area contributed by atoms with Crippen LogP contribution in [0.4, 0.5) is 0 Å². The molecule has 13 heavy (non-hydrogen) atoms. The average Bonchev–Trinajstić information content (AvgIpc) is 2.28. The summed E-state index contributed by atoms with van der Waals surface area (Å²) < 4.78 is 1.31. The molecule has 0 fully saturated rings. The van der Waals surface area contributed by atoms with Gasteiger partial charge < -0.3 is 0 Å². The molecule has 6 radical (unpaired) electrons. The Morgan fingerprint density at radius 2 is 1.54 bits per heavy atom. The summed E-state index contributed by atoms with van der Waals surface area (Å²) in [5.41, 5.74) is 0. The number of rotatable bonds is 0. The summed E-state index contributed by atoms with van der Waals surface area (Å²) in [6.45, 7) is 13.5. The van der Waals surface area contributed by atoms with Gasteiger partial charge in [-0.25, -0.2) is 0 Å². The molecule has 1 aliphatic rings. The zero-order chi connectivity index (χ0) is 11.1. The molecule has 0 spiro atoms. The predicted octanol–water partition coefficient (Wildman–Crippen LogP) is 0.576. The van der Waals surface area contributed by atoms with Crippen molar-refractivity contribution in [3.63, 3.8) is 0 Å². The molecule has 0 atom stereocenters. The summed E-state index contributed by atoms with van der Waals surface area (Å²) in [6.07, 6.45) is 8.70. The molecule has 68 valence electrons. The minimum absolute atomic E-state index is 1.18. The third-order valence-corrected chi connectivity index (χ3v) is 1.45. The van der Waals surface area contributed by atoms with Crippen molar-refractivity contribution in [1.29, 1.82) is 0 Å². The zero-order valence-corrected chi connectivity index (χ0v) is 7.93.